The van der Waals surface area contributed by atoms with Crippen LogP contribution in [0.2, 0.25) is 0 Å². The molecule has 0 radical (unpaired) electrons. The van der Waals surface area contributed by atoms with E-state index in [1.54, 1.807) is 6.33 Å². The summed E-state index contributed by atoms with van der Waals surface area (Å²) in [4.78, 5) is 11.0. The number of nitrogens with zero attached hydrogens (tertiary/aromatic N) is 3. The van der Waals surface area contributed by atoms with Crippen molar-refractivity contribution in [1.29, 1.82) is 0 Å². The zero-order chi connectivity index (χ0) is 13.2. The topological polar surface area (TPSA) is 67.1 Å². The molecule has 2 fully saturated rings. The highest BCUT2D eigenvalue weighted by Gasteiger charge is 2.35. The summed E-state index contributed by atoms with van der Waals surface area (Å²) in [6, 6.07) is 0.638. The Morgan fingerprint density at radius 3 is 2.74 bits per heavy atom. The van der Waals surface area contributed by atoms with Crippen molar-refractivity contribution in [3.05, 3.63) is 10.8 Å². The molecular weight excluding hydrogens is 306 g/mol. The van der Waals surface area contributed by atoms with E-state index in [2.05, 4.69) is 36.2 Å². The molecule has 3 rings (SSSR count). The van der Waals surface area contributed by atoms with Gasteiger partial charge in [0.25, 0.3) is 0 Å². The van der Waals surface area contributed by atoms with Crippen LogP contribution < -0.4 is 16.2 Å². The van der Waals surface area contributed by atoms with Gasteiger partial charge in [-0.15, -0.1) is 0 Å². The van der Waals surface area contributed by atoms with Crippen LogP contribution in [0.4, 0.5) is 11.6 Å². The first-order valence-corrected chi connectivity index (χ1v) is 7.84. The van der Waals surface area contributed by atoms with Crippen LogP contribution in [0.25, 0.3) is 0 Å². The van der Waals surface area contributed by atoms with Gasteiger partial charge in [0.2, 0.25) is 0 Å². The Kier molecular flexibility index (Phi) is 3.88. The first-order chi connectivity index (χ1) is 9.31. The molecule has 0 amide bonds. The molecule has 0 bridgehead atoms. The van der Waals surface area contributed by atoms with Gasteiger partial charge in [-0.2, -0.15) is 0 Å². The Morgan fingerprint density at radius 2 is 2.00 bits per heavy atom. The van der Waals surface area contributed by atoms with Crippen molar-refractivity contribution in [2.75, 3.05) is 16.9 Å². The molecule has 19 heavy (non-hydrogen) atoms. The lowest BCUT2D eigenvalue weighted by molar-refractivity contribution is 0.429. The molecule has 1 unspecified atom stereocenters. The molecule has 1 atom stereocenters. The SMILES string of the molecule is NNc1ncnc(N2CCCC2C2CCCC2)c1Br. The first kappa shape index (κ1) is 13.1. The van der Waals surface area contributed by atoms with Gasteiger partial charge in [0.1, 0.15) is 16.6 Å². The fourth-order valence-corrected chi connectivity index (χ4v) is 4.10. The minimum absolute atomic E-state index is 0.638. The van der Waals surface area contributed by atoms with E-state index >= 15 is 0 Å². The smallest absolute Gasteiger partial charge is 0.159 e. The maximum Gasteiger partial charge on any atom is 0.159 e. The Bertz CT molecular complexity index is 447. The summed E-state index contributed by atoms with van der Waals surface area (Å²) < 4.78 is 0.877. The molecular formula is C13H20BrN5. The van der Waals surface area contributed by atoms with Crippen molar-refractivity contribution >= 4 is 27.6 Å². The van der Waals surface area contributed by atoms with Gasteiger partial charge < -0.3 is 10.3 Å². The second-order valence-corrected chi connectivity index (χ2v) is 6.24. The Balaban J connectivity index is 1.87. The summed E-state index contributed by atoms with van der Waals surface area (Å²) in [5, 5.41) is 0. The number of hydrogen-bond donors (Lipinski definition) is 2. The van der Waals surface area contributed by atoms with Gasteiger partial charge >= 0.3 is 0 Å². The third kappa shape index (κ3) is 2.43. The van der Waals surface area contributed by atoms with Crippen LogP contribution in [0.5, 0.6) is 0 Å². The number of aromatic nitrogens is 2. The molecule has 3 N–H and O–H groups in total. The van der Waals surface area contributed by atoms with Crippen molar-refractivity contribution < 1.29 is 0 Å². The van der Waals surface area contributed by atoms with Crippen molar-refractivity contribution in [2.24, 2.45) is 11.8 Å². The monoisotopic (exact) mass is 325 g/mol. The quantitative estimate of drug-likeness (QED) is 0.660. The van der Waals surface area contributed by atoms with E-state index in [0.717, 1.165) is 22.8 Å². The predicted octanol–water partition coefficient (Wildman–Crippen LogP) is 2.68. The van der Waals surface area contributed by atoms with Gasteiger partial charge in [-0.3, -0.25) is 0 Å². The molecule has 1 saturated carbocycles. The van der Waals surface area contributed by atoms with E-state index in [-0.39, 0.29) is 0 Å². The molecule has 2 aliphatic rings. The highest BCUT2D eigenvalue weighted by molar-refractivity contribution is 9.10. The second kappa shape index (κ2) is 5.63. The minimum Gasteiger partial charge on any atom is -0.352 e. The van der Waals surface area contributed by atoms with E-state index in [1.165, 1.54) is 38.5 Å². The molecule has 1 aliphatic carbocycles. The second-order valence-electron chi connectivity index (χ2n) is 5.45. The zero-order valence-electron chi connectivity index (χ0n) is 11.0. The standard InChI is InChI=1S/C13H20BrN5/c14-11-12(18-15)16-8-17-13(11)19-7-3-6-10(19)9-4-1-2-5-9/h8-10H,1-7,15H2,(H,16,17,18). The van der Waals surface area contributed by atoms with Gasteiger partial charge in [-0.1, -0.05) is 12.8 Å². The number of halogens is 1. The van der Waals surface area contributed by atoms with Crippen LogP contribution in [-0.4, -0.2) is 22.6 Å². The summed E-state index contributed by atoms with van der Waals surface area (Å²) >= 11 is 3.58. The molecule has 1 aromatic rings. The number of nitrogens with two attached hydrogens (primary N) is 1. The summed E-state index contributed by atoms with van der Waals surface area (Å²) in [7, 11) is 0. The van der Waals surface area contributed by atoms with Crippen molar-refractivity contribution in [1.82, 2.24) is 9.97 Å². The average molecular weight is 326 g/mol. The van der Waals surface area contributed by atoms with Crippen molar-refractivity contribution in [2.45, 2.75) is 44.6 Å². The molecule has 1 aliphatic heterocycles. The van der Waals surface area contributed by atoms with Gasteiger partial charge in [-0.05, 0) is 47.5 Å². The van der Waals surface area contributed by atoms with Crippen molar-refractivity contribution in [3.63, 3.8) is 0 Å². The highest BCUT2D eigenvalue weighted by atomic mass is 79.9. The van der Waals surface area contributed by atoms with E-state index in [0.29, 0.717) is 11.9 Å². The lowest BCUT2D eigenvalue weighted by Gasteiger charge is -2.31. The molecule has 6 heteroatoms. The Morgan fingerprint density at radius 1 is 1.21 bits per heavy atom. The number of nitrogens with one attached hydrogen (secondary N) is 1. The molecule has 104 valence electrons. The zero-order valence-corrected chi connectivity index (χ0v) is 12.6. The van der Waals surface area contributed by atoms with E-state index in [4.69, 9.17) is 5.84 Å². The number of rotatable bonds is 3. The summed E-state index contributed by atoms with van der Waals surface area (Å²) in [6.45, 7) is 1.08. The molecule has 2 heterocycles. The summed E-state index contributed by atoms with van der Waals surface area (Å²) in [5.74, 6) is 7.96. The molecule has 0 aromatic carbocycles. The van der Waals surface area contributed by atoms with E-state index in [1.807, 2.05) is 0 Å². The number of hydrogen-bond acceptors (Lipinski definition) is 5. The number of anilines is 2. The predicted molar refractivity (Wildman–Crippen MR) is 79.9 cm³/mol. The number of hydrazine groups is 1. The van der Waals surface area contributed by atoms with Gasteiger partial charge in [0.05, 0.1) is 0 Å². The average Bonchev–Trinajstić information content (AvgIpc) is 3.09. The van der Waals surface area contributed by atoms with E-state index < -0.39 is 0 Å². The fraction of sp³-hybridized carbons (Fsp3) is 0.692. The van der Waals surface area contributed by atoms with Crippen LogP contribution >= 0.6 is 15.9 Å². The largest absolute Gasteiger partial charge is 0.352 e. The molecule has 5 nitrogen and oxygen atoms in total. The lowest BCUT2D eigenvalue weighted by atomic mass is 9.96. The highest BCUT2D eigenvalue weighted by Crippen LogP contribution is 2.40. The van der Waals surface area contributed by atoms with Gasteiger partial charge in [-0.25, -0.2) is 15.8 Å². The van der Waals surface area contributed by atoms with Crippen LogP contribution in [0.1, 0.15) is 38.5 Å². The maximum atomic E-state index is 5.49. The Hall–Kier alpha value is -0.880. The third-order valence-electron chi connectivity index (χ3n) is 4.42. The third-order valence-corrected chi connectivity index (χ3v) is 5.15. The molecule has 1 aromatic heterocycles. The van der Waals surface area contributed by atoms with Crippen LogP contribution in [0.3, 0.4) is 0 Å². The number of nitrogen functional groups attached to an aromatic ring is 1. The van der Waals surface area contributed by atoms with Crippen molar-refractivity contribution in [3.8, 4) is 0 Å². The minimum atomic E-state index is 0.638. The van der Waals surface area contributed by atoms with Gasteiger partial charge in [0, 0.05) is 12.6 Å². The van der Waals surface area contributed by atoms with Crippen LogP contribution in [-0.2, 0) is 0 Å². The fourth-order valence-electron chi connectivity index (χ4n) is 3.55. The van der Waals surface area contributed by atoms with E-state index in [9.17, 15) is 0 Å². The van der Waals surface area contributed by atoms with Crippen LogP contribution in [0.15, 0.2) is 10.8 Å². The molecule has 1 saturated heterocycles. The maximum absolute atomic E-state index is 5.49. The lowest BCUT2D eigenvalue weighted by Crippen LogP contribution is -2.35. The van der Waals surface area contributed by atoms with Crippen LogP contribution in [0, 0.1) is 5.92 Å². The summed E-state index contributed by atoms with van der Waals surface area (Å²) in [5.41, 5.74) is 2.62. The Labute approximate surface area is 122 Å². The summed E-state index contributed by atoms with van der Waals surface area (Å²) in [6.07, 6.45) is 9.62. The normalized spacial score (nSPS) is 24.1. The molecule has 0 spiro atoms. The van der Waals surface area contributed by atoms with Gasteiger partial charge in [0.15, 0.2) is 5.82 Å². The first-order valence-electron chi connectivity index (χ1n) is 7.05.